The smallest absolute Gasteiger partial charge is 0.326 e. The summed E-state index contributed by atoms with van der Waals surface area (Å²) >= 11 is 5.99. The predicted octanol–water partition coefficient (Wildman–Crippen LogP) is 4.07. The molecule has 0 bridgehead atoms. The quantitative estimate of drug-likeness (QED) is 0.342. The molecule has 7 nitrogen and oxygen atoms in total. The molecule has 0 aromatic heterocycles. The number of hydrogen-bond donors (Lipinski definition) is 3. The normalized spacial score (nSPS) is 11.4. The van der Waals surface area contributed by atoms with Crippen molar-refractivity contribution in [3.05, 3.63) is 100 Å². The van der Waals surface area contributed by atoms with Crippen LogP contribution in [0.4, 0.5) is 0 Å². The third-order valence-electron chi connectivity index (χ3n) is 5.69. The second kappa shape index (κ2) is 13.3. The predicted molar refractivity (Wildman–Crippen MR) is 139 cm³/mol. The number of aliphatic carboxylic acids is 1. The van der Waals surface area contributed by atoms with Crippen molar-refractivity contribution in [1.29, 1.82) is 0 Å². The number of carboxylic acid groups (broad SMARTS) is 1. The van der Waals surface area contributed by atoms with E-state index in [1.807, 2.05) is 54.6 Å². The van der Waals surface area contributed by atoms with E-state index in [2.05, 4.69) is 10.6 Å². The Balaban J connectivity index is 1.44. The molecule has 0 unspecified atom stereocenters. The Morgan fingerprint density at radius 3 is 2.22 bits per heavy atom. The summed E-state index contributed by atoms with van der Waals surface area (Å²) in [5.41, 5.74) is 3.24. The second-order valence-corrected chi connectivity index (χ2v) is 8.75. The Morgan fingerprint density at radius 1 is 0.917 bits per heavy atom. The van der Waals surface area contributed by atoms with Gasteiger partial charge in [0.2, 0.25) is 5.91 Å². The first-order chi connectivity index (χ1) is 17.4. The molecule has 0 aliphatic carbocycles. The summed E-state index contributed by atoms with van der Waals surface area (Å²) in [5.74, 6) is -1.16. The Morgan fingerprint density at radius 2 is 1.58 bits per heavy atom. The fourth-order valence-electron chi connectivity index (χ4n) is 3.72. The largest absolute Gasteiger partial charge is 0.496 e. The number of methoxy groups -OCH3 is 1. The molecule has 8 heteroatoms. The first kappa shape index (κ1) is 26.8. The zero-order valence-electron chi connectivity index (χ0n) is 20.0. The third kappa shape index (κ3) is 8.13. The number of amides is 2. The van der Waals surface area contributed by atoms with E-state index in [1.165, 1.54) is 7.11 Å². The van der Waals surface area contributed by atoms with Gasteiger partial charge >= 0.3 is 5.97 Å². The summed E-state index contributed by atoms with van der Waals surface area (Å²) in [6.45, 7) is 0.439. The molecular weight excluding hydrogens is 480 g/mol. The van der Waals surface area contributed by atoms with E-state index in [0.717, 1.165) is 16.7 Å². The van der Waals surface area contributed by atoms with Gasteiger partial charge in [-0.1, -0.05) is 66.2 Å². The summed E-state index contributed by atoms with van der Waals surface area (Å²) in [6.07, 6.45) is 1.55. The maximum atomic E-state index is 12.5. The number of halogens is 1. The van der Waals surface area contributed by atoms with Crippen LogP contribution in [-0.4, -0.2) is 42.6 Å². The van der Waals surface area contributed by atoms with E-state index in [-0.39, 0.29) is 24.7 Å². The average molecular weight is 509 g/mol. The molecule has 0 saturated carbocycles. The van der Waals surface area contributed by atoms with Crippen LogP contribution in [0.1, 0.15) is 33.5 Å². The first-order valence-electron chi connectivity index (χ1n) is 11.6. The molecule has 3 aromatic rings. The number of carbonyl (C=O) groups is 3. The molecule has 2 amide bonds. The zero-order valence-corrected chi connectivity index (χ0v) is 20.8. The summed E-state index contributed by atoms with van der Waals surface area (Å²) < 4.78 is 5.22. The van der Waals surface area contributed by atoms with Gasteiger partial charge in [0.15, 0.2) is 0 Å². The Bertz CT molecular complexity index is 1180. The van der Waals surface area contributed by atoms with E-state index in [1.54, 1.807) is 18.2 Å². The van der Waals surface area contributed by atoms with Gasteiger partial charge in [-0.2, -0.15) is 0 Å². The van der Waals surface area contributed by atoms with Gasteiger partial charge in [-0.25, -0.2) is 4.79 Å². The number of carboxylic acids is 1. The molecule has 0 radical (unpaired) electrons. The molecule has 0 saturated heterocycles. The number of carbonyl (C=O) groups excluding carboxylic acids is 2. The summed E-state index contributed by atoms with van der Waals surface area (Å²) in [6, 6.07) is 20.9. The number of ether oxygens (including phenoxy) is 1. The highest BCUT2D eigenvalue weighted by molar-refractivity contribution is 6.31. The highest BCUT2D eigenvalue weighted by Gasteiger charge is 2.20. The highest BCUT2D eigenvalue weighted by Crippen LogP contribution is 2.22. The van der Waals surface area contributed by atoms with Crippen LogP contribution in [-0.2, 0) is 28.9 Å². The van der Waals surface area contributed by atoms with Crippen molar-refractivity contribution < 1.29 is 24.2 Å². The minimum absolute atomic E-state index is 0.190. The van der Waals surface area contributed by atoms with Crippen LogP contribution in [0, 0.1) is 0 Å². The second-order valence-electron chi connectivity index (χ2n) is 8.32. The monoisotopic (exact) mass is 508 g/mol. The number of rotatable bonds is 12. The molecule has 0 spiro atoms. The highest BCUT2D eigenvalue weighted by atomic mass is 35.5. The number of hydrogen-bond acceptors (Lipinski definition) is 4. The molecule has 1 atom stereocenters. The van der Waals surface area contributed by atoms with Gasteiger partial charge in [-0.15, -0.1) is 0 Å². The molecular formula is C28H29ClN2O5. The van der Waals surface area contributed by atoms with Crippen molar-refractivity contribution in [2.24, 2.45) is 0 Å². The molecule has 188 valence electrons. The lowest BCUT2D eigenvalue weighted by Gasteiger charge is -2.14. The lowest BCUT2D eigenvalue weighted by atomic mass is 10.0. The van der Waals surface area contributed by atoms with E-state index in [9.17, 15) is 19.5 Å². The van der Waals surface area contributed by atoms with Gasteiger partial charge in [0.25, 0.3) is 5.91 Å². The van der Waals surface area contributed by atoms with Gasteiger partial charge in [-0.3, -0.25) is 9.59 Å². The molecule has 3 N–H and O–H groups in total. The van der Waals surface area contributed by atoms with Crippen LogP contribution in [0.2, 0.25) is 5.02 Å². The average Bonchev–Trinajstić information content (AvgIpc) is 2.88. The van der Waals surface area contributed by atoms with Crippen molar-refractivity contribution in [2.45, 2.75) is 31.7 Å². The Kier molecular flexibility index (Phi) is 9.89. The Labute approximate surface area is 215 Å². The van der Waals surface area contributed by atoms with Crippen LogP contribution >= 0.6 is 11.6 Å². The van der Waals surface area contributed by atoms with E-state index in [4.69, 9.17) is 16.3 Å². The van der Waals surface area contributed by atoms with Crippen molar-refractivity contribution >= 4 is 29.4 Å². The molecule has 3 rings (SSSR count). The van der Waals surface area contributed by atoms with Crippen LogP contribution in [0.3, 0.4) is 0 Å². The number of benzene rings is 3. The van der Waals surface area contributed by atoms with Crippen LogP contribution in [0.15, 0.2) is 72.8 Å². The van der Waals surface area contributed by atoms with Crippen molar-refractivity contribution in [2.75, 3.05) is 13.7 Å². The number of nitrogens with one attached hydrogen (secondary N) is 2. The fraction of sp³-hybridized carbons (Fsp3) is 0.250. The fourth-order valence-corrected chi connectivity index (χ4v) is 3.89. The van der Waals surface area contributed by atoms with Gasteiger partial charge in [0, 0.05) is 24.4 Å². The maximum absolute atomic E-state index is 12.5. The summed E-state index contributed by atoms with van der Waals surface area (Å²) in [7, 11) is 1.50. The molecule has 0 aliphatic heterocycles. The first-order valence-corrected chi connectivity index (χ1v) is 12.0. The third-order valence-corrected chi connectivity index (χ3v) is 5.92. The zero-order chi connectivity index (χ0) is 25.9. The molecule has 0 fully saturated rings. The molecule has 36 heavy (non-hydrogen) atoms. The van der Waals surface area contributed by atoms with E-state index >= 15 is 0 Å². The summed E-state index contributed by atoms with van der Waals surface area (Å²) in [5, 5.41) is 15.4. The SMILES string of the molecule is COc1ccc(Cl)cc1C(=O)NCCc1ccc(CCC(=O)N[C@@H](Cc2ccccc2)C(=O)O)cc1. The van der Waals surface area contributed by atoms with Crippen molar-refractivity contribution in [3.63, 3.8) is 0 Å². The lowest BCUT2D eigenvalue weighted by Crippen LogP contribution is -2.42. The van der Waals surface area contributed by atoms with Gasteiger partial charge in [0.05, 0.1) is 12.7 Å². The summed E-state index contributed by atoms with van der Waals surface area (Å²) in [4.78, 5) is 36.4. The molecule has 0 aliphatic rings. The minimum Gasteiger partial charge on any atom is -0.496 e. The Hall–Kier alpha value is -3.84. The van der Waals surface area contributed by atoms with E-state index < -0.39 is 12.0 Å². The van der Waals surface area contributed by atoms with Crippen LogP contribution in [0.25, 0.3) is 0 Å². The molecule has 3 aromatic carbocycles. The standard InChI is InChI=1S/C28H29ClN2O5/c1-36-25-13-12-22(29)18-23(25)27(33)30-16-15-20-9-7-19(8-10-20)11-14-26(32)31-24(28(34)35)17-21-5-3-2-4-6-21/h2-10,12-13,18,24H,11,14-17H2,1H3,(H,30,33)(H,31,32)(H,34,35)/t24-/m0/s1. The maximum Gasteiger partial charge on any atom is 0.326 e. The van der Waals surface area contributed by atoms with Gasteiger partial charge in [-0.05, 0) is 47.7 Å². The lowest BCUT2D eigenvalue weighted by molar-refractivity contribution is -0.141. The topological polar surface area (TPSA) is 105 Å². The molecule has 0 heterocycles. The van der Waals surface area contributed by atoms with Crippen LogP contribution < -0.4 is 15.4 Å². The van der Waals surface area contributed by atoms with Crippen molar-refractivity contribution in [1.82, 2.24) is 10.6 Å². The van der Waals surface area contributed by atoms with Crippen molar-refractivity contribution in [3.8, 4) is 5.75 Å². The minimum atomic E-state index is -1.06. The van der Waals surface area contributed by atoms with Crippen LogP contribution in [0.5, 0.6) is 5.75 Å². The number of aryl methyl sites for hydroxylation is 1. The van der Waals surface area contributed by atoms with Gasteiger partial charge in [0.1, 0.15) is 11.8 Å². The van der Waals surface area contributed by atoms with Gasteiger partial charge < -0.3 is 20.5 Å². The van der Waals surface area contributed by atoms with E-state index in [0.29, 0.717) is 35.7 Å².